The average Bonchev–Trinajstić information content (AvgIpc) is 2.75. The van der Waals surface area contributed by atoms with Crippen LogP contribution in [0.25, 0.3) is 0 Å². The van der Waals surface area contributed by atoms with Crippen molar-refractivity contribution in [3.8, 4) is 0 Å². The molecule has 1 aliphatic heterocycles. The Morgan fingerprint density at radius 3 is 2.26 bits per heavy atom. The van der Waals surface area contributed by atoms with Gasteiger partial charge in [-0.05, 0) is 11.1 Å². The Kier molecular flexibility index (Phi) is 7.38. The van der Waals surface area contributed by atoms with E-state index in [-0.39, 0.29) is 25.3 Å². The molecule has 4 nitrogen and oxygen atoms in total. The zero-order valence-electron chi connectivity index (χ0n) is 16.7. The first-order valence-electron chi connectivity index (χ1n) is 9.83. The standard InChI is InChI=1S/C23H22ClF3N2O2/c24-12-11-21(30)28-14-18-19(23(25,26)27)13-20(17-9-5-2-6-10-17)29(22(18)31)15-16-7-3-1-4-8-16/h1-10,20H,11-15H2,(H,28,30). The molecule has 0 saturated carbocycles. The van der Waals surface area contributed by atoms with E-state index in [1.54, 1.807) is 30.3 Å². The molecule has 0 bridgehead atoms. The van der Waals surface area contributed by atoms with Crippen LogP contribution in [0.2, 0.25) is 0 Å². The molecule has 31 heavy (non-hydrogen) atoms. The van der Waals surface area contributed by atoms with Gasteiger partial charge in [0.2, 0.25) is 5.91 Å². The van der Waals surface area contributed by atoms with Gasteiger partial charge in [0.25, 0.3) is 5.91 Å². The summed E-state index contributed by atoms with van der Waals surface area (Å²) in [7, 11) is 0. The lowest BCUT2D eigenvalue weighted by molar-refractivity contribution is -0.136. The Morgan fingerprint density at radius 1 is 1.06 bits per heavy atom. The second-order valence-corrected chi connectivity index (χ2v) is 7.60. The highest BCUT2D eigenvalue weighted by molar-refractivity contribution is 6.18. The minimum Gasteiger partial charge on any atom is -0.352 e. The van der Waals surface area contributed by atoms with Crippen molar-refractivity contribution in [3.63, 3.8) is 0 Å². The van der Waals surface area contributed by atoms with Crippen LogP contribution in [0.3, 0.4) is 0 Å². The van der Waals surface area contributed by atoms with Gasteiger partial charge in [-0.3, -0.25) is 9.59 Å². The van der Waals surface area contributed by atoms with Gasteiger partial charge in [0.1, 0.15) is 0 Å². The molecule has 1 N–H and O–H groups in total. The summed E-state index contributed by atoms with van der Waals surface area (Å²) in [4.78, 5) is 26.6. The lowest BCUT2D eigenvalue weighted by Crippen LogP contribution is -2.44. The van der Waals surface area contributed by atoms with Crippen molar-refractivity contribution in [1.29, 1.82) is 0 Å². The van der Waals surface area contributed by atoms with Crippen molar-refractivity contribution in [2.45, 2.75) is 31.6 Å². The second kappa shape index (κ2) is 10.0. The normalized spacial score (nSPS) is 17.1. The van der Waals surface area contributed by atoms with Gasteiger partial charge < -0.3 is 10.2 Å². The number of halogens is 4. The van der Waals surface area contributed by atoms with Crippen LogP contribution >= 0.6 is 11.6 Å². The van der Waals surface area contributed by atoms with E-state index < -0.39 is 41.7 Å². The van der Waals surface area contributed by atoms with Gasteiger partial charge in [-0.2, -0.15) is 13.2 Å². The zero-order valence-corrected chi connectivity index (χ0v) is 17.4. The van der Waals surface area contributed by atoms with Crippen molar-refractivity contribution in [2.75, 3.05) is 12.4 Å². The number of hydrogen-bond acceptors (Lipinski definition) is 2. The van der Waals surface area contributed by atoms with Gasteiger partial charge in [-0.25, -0.2) is 0 Å². The smallest absolute Gasteiger partial charge is 0.352 e. The topological polar surface area (TPSA) is 49.4 Å². The van der Waals surface area contributed by atoms with Crippen LogP contribution in [-0.2, 0) is 16.1 Å². The highest BCUT2D eigenvalue weighted by Crippen LogP contribution is 2.42. The van der Waals surface area contributed by atoms with Crippen molar-refractivity contribution in [3.05, 3.63) is 82.9 Å². The Labute approximate surface area is 183 Å². The number of nitrogens with zero attached hydrogens (tertiary/aromatic N) is 1. The number of amides is 2. The van der Waals surface area contributed by atoms with Crippen LogP contribution < -0.4 is 5.32 Å². The summed E-state index contributed by atoms with van der Waals surface area (Å²) in [6.45, 7) is -0.334. The molecule has 2 aromatic carbocycles. The number of hydrogen-bond donors (Lipinski definition) is 1. The molecule has 0 saturated heterocycles. The van der Waals surface area contributed by atoms with E-state index in [9.17, 15) is 22.8 Å². The summed E-state index contributed by atoms with van der Waals surface area (Å²) in [6.07, 6.45) is -5.11. The fraction of sp³-hybridized carbons (Fsp3) is 0.304. The largest absolute Gasteiger partial charge is 0.413 e. The molecule has 164 valence electrons. The third-order valence-electron chi connectivity index (χ3n) is 5.16. The summed E-state index contributed by atoms with van der Waals surface area (Å²) in [5.41, 5.74) is 0.0943. The molecule has 2 amide bonds. The fourth-order valence-corrected chi connectivity index (χ4v) is 3.81. The molecular formula is C23H22ClF3N2O2. The quantitative estimate of drug-likeness (QED) is 0.618. The highest BCUT2D eigenvalue weighted by atomic mass is 35.5. The van der Waals surface area contributed by atoms with Crippen molar-refractivity contribution < 1.29 is 22.8 Å². The molecule has 0 spiro atoms. The Hall–Kier alpha value is -2.80. The predicted molar refractivity (Wildman–Crippen MR) is 112 cm³/mol. The van der Waals surface area contributed by atoms with E-state index in [4.69, 9.17) is 11.6 Å². The Morgan fingerprint density at radius 2 is 1.68 bits per heavy atom. The van der Waals surface area contributed by atoms with E-state index in [2.05, 4.69) is 5.32 Å². The molecule has 8 heteroatoms. The molecule has 3 rings (SSSR count). The van der Waals surface area contributed by atoms with Crippen LogP contribution in [0.1, 0.15) is 30.0 Å². The molecule has 1 heterocycles. The average molecular weight is 451 g/mol. The molecule has 2 aromatic rings. The van der Waals surface area contributed by atoms with E-state index in [0.717, 1.165) is 5.56 Å². The molecule has 0 fully saturated rings. The van der Waals surface area contributed by atoms with E-state index in [0.29, 0.717) is 5.56 Å². The minimum atomic E-state index is -4.69. The van der Waals surface area contributed by atoms with Crippen LogP contribution in [0, 0.1) is 0 Å². The van der Waals surface area contributed by atoms with Gasteiger partial charge in [-0.1, -0.05) is 60.7 Å². The van der Waals surface area contributed by atoms with Crippen LogP contribution in [0.15, 0.2) is 71.8 Å². The number of carbonyl (C=O) groups excluding carboxylic acids is 2. The molecule has 1 aliphatic rings. The minimum absolute atomic E-state index is 0.0370. The maximum absolute atomic E-state index is 13.9. The molecular weight excluding hydrogens is 429 g/mol. The maximum Gasteiger partial charge on any atom is 0.413 e. The second-order valence-electron chi connectivity index (χ2n) is 7.22. The van der Waals surface area contributed by atoms with Gasteiger partial charge in [0.15, 0.2) is 0 Å². The first kappa shape index (κ1) is 22.9. The predicted octanol–water partition coefficient (Wildman–Crippen LogP) is 4.76. The van der Waals surface area contributed by atoms with Gasteiger partial charge in [0, 0.05) is 43.0 Å². The Bertz CT molecular complexity index is 946. The summed E-state index contributed by atoms with van der Waals surface area (Å²) in [6, 6.07) is 17.0. The molecule has 1 atom stereocenters. The Balaban J connectivity index is 2.01. The van der Waals surface area contributed by atoms with Gasteiger partial charge in [-0.15, -0.1) is 11.6 Å². The van der Waals surface area contributed by atoms with E-state index in [1.165, 1.54) is 4.90 Å². The third-order valence-corrected chi connectivity index (χ3v) is 5.35. The summed E-state index contributed by atoms with van der Waals surface area (Å²) < 4.78 is 41.8. The maximum atomic E-state index is 13.9. The molecule has 0 aromatic heterocycles. The van der Waals surface area contributed by atoms with Gasteiger partial charge >= 0.3 is 6.18 Å². The van der Waals surface area contributed by atoms with Crippen LogP contribution in [0.4, 0.5) is 13.2 Å². The summed E-state index contributed by atoms with van der Waals surface area (Å²) in [5, 5.41) is 2.40. The summed E-state index contributed by atoms with van der Waals surface area (Å²) >= 11 is 5.52. The number of nitrogens with one attached hydrogen (secondary N) is 1. The van der Waals surface area contributed by atoms with Gasteiger partial charge in [0.05, 0.1) is 6.04 Å². The molecule has 0 radical (unpaired) electrons. The number of alkyl halides is 4. The first-order chi connectivity index (χ1) is 14.8. The number of carbonyl (C=O) groups is 2. The van der Waals surface area contributed by atoms with E-state index >= 15 is 0 Å². The van der Waals surface area contributed by atoms with Crippen LogP contribution in [-0.4, -0.2) is 35.3 Å². The van der Waals surface area contributed by atoms with Crippen molar-refractivity contribution in [2.24, 2.45) is 0 Å². The third kappa shape index (κ3) is 5.67. The van der Waals surface area contributed by atoms with Crippen molar-refractivity contribution >= 4 is 23.4 Å². The number of benzene rings is 2. The van der Waals surface area contributed by atoms with Crippen molar-refractivity contribution in [1.82, 2.24) is 10.2 Å². The lowest BCUT2D eigenvalue weighted by atomic mass is 9.88. The molecule has 1 unspecified atom stereocenters. The number of rotatable bonds is 7. The SMILES string of the molecule is O=C(CCCl)NCC1=C(C(F)(F)F)CC(c2ccccc2)N(Cc2ccccc2)C1=O. The fourth-order valence-electron chi connectivity index (χ4n) is 3.64. The molecule has 0 aliphatic carbocycles. The first-order valence-corrected chi connectivity index (χ1v) is 10.4. The van der Waals surface area contributed by atoms with E-state index in [1.807, 2.05) is 30.3 Å². The highest BCUT2D eigenvalue weighted by Gasteiger charge is 2.45. The van der Waals surface area contributed by atoms with Crippen LogP contribution in [0.5, 0.6) is 0 Å². The zero-order chi connectivity index (χ0) is 22.4. The summed E-state index contributed by atoms with van der Waals surface area (Å²) in [5.74, 6) is -1.19. The lowest BCUT2D eigenvalue weighted by Gasteiger charge is -2.39. The monoisotopic (exact) mass is 450 g/mol.